The van der Waals surface area contributed by atoms with Crippen LogP contribution in [0.15, 0.2) is 23.3 Å². The second-order valence-corrected chi connectivity index (χ2v) is 2.69. The molecule has 15 heavy (non-hydrogen) atoms. The summed E-state index contributed by atoms with van der Waals surface area (Å²) in [6.45, 7) is -0.135. The third-order valence-electron chi connectivity index (χ3n) is 1.70. The van der Waals surface area contributed by atoms with Gasteiger partial charge < -0.3 is 10.2 Å². The molecule has 0 atom stereocenters. The lowest BCUT2D eigenvalue weighted by Crippen LogP contribution is -1.85. The molecule has 1 aromatic carbocycles. The molecule has 0 fully saturated rings. The summed E-state index contributed by atoms with van der Waals surface area (Å²) in [7, 11) is 0. The largest absolute Gasteiger partial charge is 0.508 e. The number of aromatic hydroxyl groups is 1. The summed E-state index contributed by atoms with van der Waals surface area (Å²) in [5.74, 6) is 5.42. The minimum atomic E-state index is -0.238. The van der Waals surface area contributed by atoms with E-state index in [2.05, 4.69) is 21.9 Å². The Morgan fingerprint density at radius 2 is 2.27 bits per heavy atom. The predicted octanol–water partition coefficient (Wildman–Crippen LogP) is 1.55. The van der Waals surface area contributed by atoms with Gasteiger partial charge in [-0.25, -0.2) is 0 Å². The number of rotatable bonds is 2. The highest BCUT2D eigenvalue weighted by atomic mass is 16.3. The smallest absolute Gasteiger partial charge is 0.121 e. The SMILES string of the molecule is [N-]=[N+]=NCC#Cc1ccc(O)c(CO)c1. The van der Waals surface area contributed by atoms with Gasteiger partial charge in [-0.3, -0.25) is 0 Å². The molecule has 2 N–H and O–H groups in total. The molecule has 0 aliphatic heterocycles. The molecule has 5 heteroatoms. The summed E-state index contributed by atoms with van der Waals surface area (Å²) in [5, 5.41) is 21.4. The zero-order chi connectivity index (χ0) is 11.1. The van der Waals surface area contributed by atoms with Gasteiger partial charge in [-0.1, -0.05) is 17.0 Å². The van der Waals surface area contributed by atoms with Crippen molar-refractivity contribution in [3.8, 4) is 17.6 Å². The molecule has 0 unspecified atom stereocenters. The monoisotopic (exact) mass is 203 g/mol. The van der Waals surface area contributed by atoms with Crippen molar-refractivity contribution >= 4 is 0 Å². The highest BCUT2D eigenvalue weighted by Crippen LogP contribution is 2.17. The molecule has 5 nitrogen and oxygen atoms in total. The fourth-order valence-corrected chi connectivity index (χ4v) is 0.998. The Balaban J connectivity index is 2.85. The second-order valence-electron chi connectivity index (χ2n) is 2.69. The van der Waals surface area contributed by atoms with E-state index < -0.39 is 0 Å². The first-order valence-corrected chi connectivity index (χ1v) is 4.20. The Bertz CT molecular complexity index is 453. The standard InChI is InChI=1S/C10H9N3O2/c11-13-12-5-1-2-8-3-4-10(15)9(6-8)7-14/h3-4,6,14-15H,5,7H2. The zero-order valence-electron chi connectivity index (χ0n) is 7.88. The number of aliphatic hydroxyl groups is 1. The van der Waals surface area contributed by atoms with Crippen LogP contribution in [0.2, 0.25) is 0 Å². The summed E-state index contributed by atoms with van der Waals surface area (Å²) in [6, 6.07) is 4.67. The van der Waals surface area contributed by atoms with Crippen LogP contribution >= 0.6 is 0 Å². The van der Waals surface area contributed by atoms with E-state index in [-0.39, 0.29) is 18.9 Å². The molecular weight excluding hydrogens is 194 g/mol. The molecule has 0 radical (unpaired) electrons. The van der Waals surface area contributed by atoms with E-state index in [1.807, 2.05) is 0 Å². The van der Waals surface area contributed by atoms with Gasteiger partial charge in [-0.15, -0.1) is 0 Å². The van der Waals surface area contributed by atoms with Gasteiger partial charge >= 0.3 is 0 Å². The Kier molecular flexibility index (Phi) is 4.05. The normalized spacial score (nSPS) is 8.60. The topological polar surface area (TPSA) is 89.2 Å². The van der Waals surface area contributed by atoms with Gasteiger partial charge in [0.1, 0.15) is 5.75 Å². The fraction of sp³-hybridized carbons (Fsp3) is 0.200. The highest BCUT2D eigenvalue weighted by molar-refractivity contribution is 5.43. The van der Waals surface area contributed by atoms with Crippen molar-refractivity contribution < 1.29 is 10.2 Å². The van der Waals surface area contributed by atoms with Crippen LogP contribution in [0.3, 0.4) is 0 Å². The Labute approximate surface area is 86.6 Å². The third kappa shape index (κ3) is 3.24. The number of phenols is 1. The molecule has 0 aliphatic rings. The highest BCUT2D eigenvalue weighted by Gasteiger charge is 1.99. The van der Waals surface area contributed by atoms with Crippen LogP contribution in [0.25, 0.3) is 10.4 Å². The van der Waals surface area contributed by atoms with E-state index in [4.69, 9.17) is 10.6 Å². The van der Waals surface area contributed by atoms with Crippen LogP contribution in [0.5, 0.6) is 5.75 Å². The minimum absolute atomic E-state index is 0.0399. The van der Waals surface area contributed by atoms with Crippen molar-refractivity contribution in [3.05, 3.63) is 39.8 Å². The van der Waals surface area contributed by atoms with Crippen LogP contribution in [0.1, 0.15) is 11.1 Å². The average molecular weight is 203 g/mol. The lowest BCUT2D eigenvalue weighted by Gasteiger charge is -2.00. The summed E-state index contributed by atoms with van der Waals surface area (Å²) >= 11 is 0. The first-order chi connectivity index (χ1) is 7.27. The Morgan fingerprint density at radius 1 is 1.47 bits per heavy atom. The van der Waals surface area contributed by atoms with Crippen LogP contribution < -0.4 is 0 Å². The average Bonchev–Trinajstić information content (AvgIpc) is 2.26. The van der Waals surface area contributed by atoms with E-state index in [1.54, 1.807) is 12.1 Å². The molecule has 0 saturated carbocycles. The lowest BCUT2D eigenvalue weighted by atomic mass is 10.1. The van der Waals surface area contributed by atoms with Gasteiger partial charge in [0.25, 0.3) is 0 Å². The molecule has 1 aromatic rings. The van der Waals surface area contributed by atoms with E-state index in [0.717, 1.165) is 0 Å². The quantitative estimate of drug-likeness (QED) is 0.330. The molecule has 76 valence electrons. The van der Waals surface area contributed by atoms with Crippen LogP contribution in [-0.2, 0) is 6.61 Å². The molecule has 0 heterocycles. The van der Waals surface area contributed by atoms with Gasteiger partial charge in [0.2, 0.25) is 0 Å². The maximum Gasteiger partial charge on any atom is 0.121 e. The van der Waals surface area contributed by atoms with Crippen molar-refractivity contribution in [2.75, 3.05) is 6.54 Å². The van der Waals surface area contributed by atoms with Crippen LogP contribution in [0.4, 0.5) is 0 Å². The molecule has 1 rings (SSSR count). The van der Waals surface area contributed by atoms with Gasteiger partial charge in [0.05, 0.1) is 13.2 Å². The van der Waals surface area contributed by atoms with Crippen LogP contribution in [-0.4, -0.2) is 16.8 Å². The molecule has 0 saturated heterocycles. The molecule has 0 spiro atoms. The van der Waals surface area contributed by atoms with Gasteiger partial charge in [0.15, 0.2) is 0 Å². The maximum absolute atomic E-state index is 9.27. The second kappa shape index (κ2) is 5.55. The number of hydrogen-bond acceptors (Lipinski definition) is 3. The van der Waals surface area contributed by atoms with Gasteiger partial charge in [-0.2, -0.15) is 0 Å². The van der Waals surface area contributed by atoms with Crippen LogP contribution in [0, 0.1) is 11.8 Å². The fourth-order valence-electron chi connectivity index (χ4n) is 0.998. The summed E-state index contributed by atoms with van der Waals surface area (Å²) in [6.07, 6.45) is 0. The predicted molar refractivity (Wildman–Crippen MR) is 54.9 cm³/mol. The minimum Gasteiger partial charge on any atom is -0.508 e. The number of hydrogen-bond donors (Lipinski definition) is 2. The van der Waals surface area contributed by atoms with E-state index in [1.165, 1.54) is 6.07 Å². The van der Waals surface area contributed by atoms with Gasteiger partial charge in [-0.05, 0) is 23.7 Å². The van der Waals surface area contributed by atoms with Crippen molar-refractivity contribution in [1.29, 1.82) is 0 Å². The molecule has 0 bridgehead atoms. The lowest BCUT2D eigenvalue weighted by molar-refractivity contribution is 0.275. The van der Waals surface area contributed by atoms with E-state index >= 15 is 0 Å². The number of aliphatic hydroxyl groups excluding tert-OH is 1. The molecule has 0 amide bonds. The van der Waals surface area contributed by atoms with Gasteiger partial charge in [0, 0.05) is 16.0 Å². The summed E-state index contributed by atoms with van der Waals surface area (Å²) in [4.78, 5) is 2.56. The van der Waals surface area contributed by atoms with Crippen molar-refractivity contribution in [1.82, 2.24) is 0 Å². The molecule has 0 aromatic heterocycles. The van der Waals surface area contributed by atoms with E-state index in [9.17, 15) is 5.11 Å². The summed E-state index contributed by atoms with van der Waals surface area (Å²) in [5.41, 5.74) is 9.09. The Hall–Kier alpha value is -2.15. The Morgan fingerprint density at radius 3 is 2.93 bits per heavy atom. The third-order valence-corrected chi connectivity index (χ3v) is 1.70. The number of nitrogens with zero attached hydrogens (tertiary/aromatic N) is 3. The maximum atomic E-state index is 9.27. The molecule has 0 aliphatic carbocycles. The number of azide groups is 1. The molecular formula is C10H9N3O2. The van der Waals surface area contributed by atoms with Crippen molar-refractivity contribution in [3.63, 3.8) is 0 Å². The van der Waals surface area contributed by atoms with Crippen molar-refractivity contribution in [2.45, 2.75) is 6.61 Å². The first kappa shape index (κ1) is 10.9. The first-order valence-electron chi connectivity index (χ1n) is 4.20. The number of benzene rings is 1. The zero-order valence-corrected chi connectivity index (χ0v) is 7.88. The van der Waals surface area contributed by atoms with Crippen molar-refractivity contribution in [2.24, 2.45) is 5.11 Å². The van der Waals surface area contributed by atoms with E-state index in [0.29, 0.717) is 11.1 Å². The summed E-state index contributed by atoms with van der Waals surface area (Å²) < 4.78 is 0.